The van der Waals surface area contributed by atoms with Gasteiger partial charge < -0.3 is 5.32 Å². The van der Waals surface area contributed by atoms with Gasteiger partial charge in [-0.1, -0.05) is 24.3 Å². The number of nitrogens with one attached hydrogen (secondary N) is 1. The Bertz CT molecular complexity index is 506. The van der Waals surface area contributed by atoms with Crippen molar-refractivity contribution in [1.29, 1.82) is 0 Å². The number of amides is 1. The van der Waals surface area contributed by atoms with Crippen LogP contribution >= 0.6 is 0 Å². The van der Waals surface area contributed by atoms with E-state index in [1.807, 2.05) is 36.4 Å². The van der Waals surface area contributed by atoms with Crippen LogP contribution in [0.3, 0.4) is 0 Å². The zero-order chi connectivity index (χ0) is 11.0. The second kappa shape index (κ2) is 3.38. The van der Waals surface area contributed by atoms with Crippen molar-refractivity contribution in [3.05, 3.63) is 48.5 Å². The van der Waals surface area contributed by atoms with E-state index in [9.17, 15) is 4.79 Å². The van der Waals surface area contributed by atoms with Crippen LogP contribution in [-0.2, 0) is 4.79 Å². The number of anilines is 4. The Morgan fingerprint density at radius 1 is 1.12 bits per heavy atom. The topological polar surface area (TPSA) is 32.3 Å². The first kappa shape index (κ1) is 8.97. The minimum Gasteiger partial charge on any atom is -0.352 e. The lowest BCUT2D eigenvalue weighted by Gasteiger charge is -2.28. The summed E-state index contributed by atoms with van der Waals surface area (Å²) in [6, 6.07) is 16.4. The second-order valence-corrected chi connectivity index (χ2v) is 3.55. The molecule has 1 N–H and O–H groups in total. The van der Waals surface area contributed by atoms with Crippen molar-refractivity contribution in [1.82, 2.24) is 0 Å². The number of hydrogen-bond acceptors (Lipinski definition) is 2. The number of fused-ring (bicyclic) bond motifs is 2. The summed E-state index contributed by atoms with van der Waals surface area (Å²) in [7, 11) is 0. The SMILES string of the molecule is O=CN1c2[c]cccc2Nc2ccccc21. The largest absolute Gasteiger partial charge is 0.352 e. The van der Waals surface area contributed by atoms with Crippen LogP contribution in [0.1, 0.15) is 0 Å². The molecule has 16 heavy (non-hydrogen) atoms. The Labute approximate surface area is 93.3 Å². The summed E-state index contributed by atoms with van der Waals surface area (Å²) in [5.41, 5.74) is 3.44. The average Bonchev–Trinajstić information content (AvgIpc) is 2.36. The zero-order valence-corrected chi connectivity index (χ0v) is 8.47. The highest BCUT2D eigenvalue weighted by molar-refractivity contribution is 6.01. The van der Waals surface area contributed by atoms with Crippen molar-refractivity contribution >= 4 is 29.2 Å². The molecule has 1 aliphatic rings. The van der Waals surface area contributed by atoms with Gasteiger partial charge in [0.15, 0.2) is 0 Å². The van der Waals surface area contributed by atoms with Gasteiger partial charge in [-0.05, 0) is 18.2 Å². The van der Waals surface area contributed by atoms with Crippen LogP contribution in [0, 0.1) is 6.07 Å². The summed E-state index contributed by atoms with van der Waals surface area (Å²) in [6.07, 6.45) is 0.814. The normalized spacial score (nSPS) is 12.4. The molecule has 0 bridgehead atoms. The molecule has 3 rings (SSSR count). The maximum atomic E-state index is 11.2. The van der Waals surface area contributed by atoms with Crippen molar-refractivity contribution < 1.29 is 4.79 Å². The van der Waals surface area contributed by atoms with Crippen LogP contribution < -0.4 is 10.2 Å². The van der Waals surface area contributed by atoms with E-state index in [0.29, 0.717) is 0 Å². The van der Waals surface area contributed by atoms with Crippen LogP contribution in [0.5, 0.6) is 0 Å². The highest BCUT2D eigenvalue weighted by Gasteiger charge is 2.20. The van der Waals surface area contributed by atoms with Crippen LogP contribution in [0.2, 0.25) is 0 Å². The lowest BCUT2D eigenvalue weighted by Crippen LogP contribution is -2.20. The van der Waals surface area contributed by atoms with Crippen LogP contribution in [0.15, 0.2) is 42.5 Å². The highest BCUT2D eigenvalue weighted by atomic mass is 16.1. The van der Waals surface area contributed by atoms with Crippen molar-refractivity contribution in [3.8, 4) is 0 Å². The molecule has 1 amide bonds. The second-order valence-electron chi connectivity index (χ2n) is 3.55. The third kappa shape index (κ3) is 1.18. The maximum Gasteiger partial charge on any atom is 0.218 e. The van der Waals surface area contributed by atoms with Gasteiger partial charge in [0.1, 0.15) is 0 Å². The third-order valence-corrected chi connectivity index (χ3v) is 2.61. The molecule has 0 aliphatic carbocycles. The molecule has 0 saturated carbocycles. The van der Waals surface area contributed by atoms with Crippen molar-refractivity contribution in [2.75, 3.05) is 10.2 Å². The first-order valence-electron chi connectivity index (χ1n) is 5.01. The summed E-state index contributed by atoms with van der Waals surface area (Å²) in [5, 5.41) is 3.27. The minimum atomic E-state index is 0.760. The van der Waals surface area contributed by atoms with Gasteiger partial charge in [-0.2, -0.15) is 0 Å². The molecule has 0 unspecified atom stereocenters. The van der Waals surface area contributed by atoms with Gasteiger partial charge in [0, 0.05) is 6.07 Å². The fraction of sp³-hybridized carbons (Fsp3) is 0. The summed E-state index contributed by atoms with van der Waals surface area (Å²) in [6.45, 7) is 0. The molecule has 0 saturated heterocycles. The zero-order valence-electron chi connectivity index (χ0n) is 8.47. The molecule has 0 atom stereocenters. The highest BCUT2D eigenvalue weighted by Crippen LogP contribution is 2.41. The summed E-state index contributed by atoms with van der Waals surface area (Å²) >= 11 is 0. The van der Waals surface area contributed by atoms with Crippen LogP contribution in [0.4, 0.5) is 22.7 Å². The van der Waals surface area contributed by atoms with Gasteiger partial charge in [0.05, 0.1) is 22.7 Å². The lowest BCUT2D eigenvalue weighted by atomic mass is 10.1. The quantitative estimate of drug-likeness (QED) is 0.732. The fourth-order valence-electron chi connectivity index (χ4n) is 1.89. The molecule has 0 spiro atoms. The summed E-state index contributed by atoms with van der Waals surface area (Å²) in [4.78, 5) is 12.8. The van der Waals surface area contributed by atoms with Crippen LogP contribution in [0.25, 0.3) is 0 Å². The predicted molar refractivity (Wildman–Crippen MR) is 63.2 cm³/mol. The molecule has 1 heterocycles. The van der Waals surface area contributed by atoms with E-state index < -0.39 is 0 Å². The van der Waals surface area contributed by atoms with E-state index in [-0.39, 0.29) is 0 Å². The number of hydrogen-bond donors (Lipinski definition) is 1. The molecule has 1 aliphatic heterocycles. The fourth-order valence-corrected chi connectivity index (χ4v) is 1.89. The van der Waals surface area contributed by atoms with Crippen LogP contribution in [-0.4, -0.2) is 6.41 Å². The van der Waals surface area contributed by atoms with Crippen molar-refractivity contribution in [3.63, 3.8) is 0 Å². The van der Waals surface area contributed by atoms with E-state index in [2.05, 4.69) is 11.4 Å². The lowest BCUT2D eigenvalue weighted by molar-refractivity contribution is -0.106. The third-order valence-electron chi connectivity index (χ3n) is 2.61. The monoisotopic (exact) mass is 209 g/mol. The molecule has 77 valence electrons. The van der Waals surface area contributed by atoms with Gasteiger partial charge in [0.25, 0.3) is 0 Å². The Morgan fingerprint density at radius 3 is 2.81 bits per heavy atom. The maximum absolute atomic E-state index is 11.2. The van der Waals surface area contributed by atoms with Gasteiger partial charge in [-0.3, -0.25) is 9.69 Å². The molecular formula is C13H9N2O. The first-order valence-corrected chi connectivity index (χ1v) is 5.01. The van der Waals surface area contributed by atoms with Crippen molar-refractivity contribution in [2.45, 2.75) is 0 Å². The predicted octanol–water partition coefficient (Wildman–Crippen LogP) is 2.84. The molecule has 1 radical (unpaired) electrons. The van der Waals surface area contributed by atoms with Gasteiger partial charge in [-0.15, -0.1) is 0 Å². The number of nitrogens with zero attached hydrogens (tertiary/aromatic N) is 1. The Kier molecular flexibility index (Phi) is 1.90. The number of benzene rings is 2. The van der Waals surface area contributed by atoms with E-state index in [4.69, 9.17) is 0 Å². The molecular weight excluding hydrogens is 200 g/mol. The van der Waals surface area contributed by atoms with E-state index >= 15 is 0 Å². The molecule has 2 aromatic carbocycles. The Morgan fingerprint density at radius 2 is 1.94 bits per heavy atom. The summed E-state index contributed by atoms with van der Waals surface area (Å²) < 4.78 is 0. The number of para-hydroxylation sites is 3. The number of carbonyl (C=O) groups is 1. The molecule has 3 heteroatoms. The number of carbonyl (C=O) groups excluding carboxylic acids is 1. The Balaban J connectivity index is 2.23. The van der Waals surface area contributed by atoms with E-state index in [1.54, 1.807) is 11.0 Å². The van der Waals surface area contributed by atoms with E-state index in [0.717, 1.165) is 29.2 Å². The smallest absolute Gasteiger partial charge is 0.218 e. The van der Waals surface area contributed by atoms with Crippen molar-refractivity contribution in [2.24, 2.45) is 0 Å². The standard InChI is InChI=1S/C13H9N2O/c16-9-15-12-7-3-1-5-10(12)14-11-6-2-4-8-13(11)15/h1-7,9,14H. The van der Waals surface area contributed by atoms with Gasteiger partial charge in [0.2, 0.25) is 6.41 Å². The van der Waals surface area contributed by atoms with Gasteiger partial charge >= 0.3 is 0 Å². The van der Waals surface area contributed by atoms with E-state index in [1.165, 1.54) is 0 Å². The first-order chi connectivity index (χ1) is 7.90. The molecule has 0 fully saturated rings. The molecule has 2 aromatic rings. The summed E-state index contributed by atoms with van der Waals surface area (Å²) in [5.74, 6) is 0. The minimum absolute atomic E-state index is 0.760. The average molecular weight is 209 g/mol. The Hall–Kier alpha value is -2.29. The van der Waals surface area contributed by atoms with Gasteiger partial charge in [-0.25, -0.2) is 0 Å². The number of rotatable bonds is 1. The molecule has 3 nitrogen and oxygen atoms in total. The molecule has 0 aromatic heterocycles.